The molecule has 5 nitrogen and oxygen atoms in total. The van der Waals surface area contributed by atoms with Gasteiger partial charge < -0.3 is 10.1 Å². The molecule has 1 aromatic carbocycles. The van der Waals surface area contributed by atoms with Crippen LogP contribution in [0, 0.1) is 6.92 Å². The summed E-state index contributed by atoms with van der Waals surface area (Å²) >= 11 is 12.2. The number of pyridine rings is 1. The van der Waals surface area contributed by atoms with Gasteiger partial charge in [-0.15, -0.1) is 0 Å². The van der Waals surface area contributed by atoms with Crippen molar-refractivity contribution in [2.75, 3.05) is 32.8 Å². The van der Waals surface area contributed by atoms with Crippen molar-refractivity contribution in [3.05, 3.63) is 63.4 Å². The standard InChI is InChI=1S/C19H21Cl2N3O2/c1-13-5-6-14(11-22-13)17(24-7-9-26-10-8-24)12-23-19(25)15-3-2-4-16(20)18(15)21/h2-6,11,17H,7-10,12H2,1H3,(H,23,25). The summed E-state index contributed by atoms with van der Waals surface area (Å²) in [6, 6.07) is 9.11. The zero-order valence-electron chi connectivity index (χ0n) is 14.5. The fourth-order valence-corrected chi connectivity index (χ4v) is 3.37. The normalized spacial score (nSPS) is 16.3. The molecular weight excluding hydrogens is 373 g/mol. The third-order valence-corrected chi connectivity index (χ3v) is 5.28. The Labute approximate surface area is 163 Å². The first-order valence-corrected chi connectivity index (χ1v) is 9.28. The number of nitrogens with zero attached hydrogens (tertiary/aromatic N) is 2. The summed E-state index contributed by atoms with van der Waals surface area (Å²) in [7, 11) is 0. The van der Waals surface area contributed by atoms with Gasteiger partial charge in [-0.2, -0.15) is 0 Å². The van der Waals surface area contributed by atoms with Gasteiger partial charge in [-0.3, -0.25) is 14.7 Å². The summed E-state index contributed by atoms with van der Waals surface area (Å²) in [6.45, 7) is 5.40. The van der Waals surface area contributed by atoms with Gasteiger partial charge in [0.2, 0.25) is 0 Å². The van der Waals surface area contributed by atoms with Crippen LogP contribution in [0.15, 0.2) is 36.5 Å². The zero-order valence-corrected chi connectivity index (χ0v) is 16.1. The predicted molar refractivity (Wildman–Crippen MR) is 103 cm³/mol. The molecule has 1 aliphatic heterocycles. The van der Waals surface area contributed by atoms with E-state index in [1.807, 2.05) is 19.2 Å². The van der Waals surface area contributed by atoms with Crippen molar-refractivity contribution < 1.29 is 9.53 Å². The third kappa shape index (κ3) is 4.54. The number of benzene rings is 1. The molecular formula is C19H21Cl2N3O2. The number of aromatic nitrogens is 1. The van der Waals surface area contributed by atoms with E-state index in [0.717, 1.165) is 24.3 Å². The van der Waals surface area contributed by atoms with Crippen LogP contribution in [0.25, 0.3) is 0 Å². The monoisotopic (exact) mass is 393 g/mol. The van der Waals surface area contributed by atoms with Gasteiger partial charge in [0.25, 0.3) is 5.91 Å². The van der Waals surface area contributed by atoms with Crippen LogP contribution in [0.5, 0.6) is 0 Å². The highest BCUT2D eigenvalue weighted by Gasteiger charge is 2.24. The van der Waals surface area contributed by atoms with Crippen molar-refractivity contribution in [1.82, 2.24) is 15.2 Å². The summed E-state index contributed by atoms with van der Waals surface area (Å²) in [5, 5.41) is 3.62. The number of ether oxygens (including phenoxy) is 1. The number of hydrogen-bond acceptors (Lipinski definition) is 4. The van der Waals surface area contributed by atoms with Crippen LogP contribution >= 0.6 is 23.2 Å². The predicted octanol–water partition coefficient (Wildman–Crippen LogP) is 3.50. The summed E-state index contributed by atoms with van der Waals surface area (Å²) in [5.41, 5.74) is 2.40. The molecule has 1 amide bonds. The fourth-order valence-electron chi connectivity index (χ4n) is 2.99. The zero-order chi connectivity index (χ0) is 18.5. The lowest BCUT2D eigenvalue weighted by atomic mass is 10.1. The Bertz CT molecular complexity index is 762. The topological polar surface area (TPSA) is 54.5 Å². The molecule has 1 fully saturated rings. The minimum atomic E-state index is -0.240. The number of halogens is 2. The van der Waals surface area contributed by atoms with Gasteiger partial charge in [-0.05, 0) is 30.7 Å². The Kier molecular flexibility index (Phi) is 6.48. The maximum Gasteiger partial charge on any atom is 0.252 e. The number of morpholine rings is 1. The molecule has 2 aromatic rings. The smallest absolute Gasteiger partial charge is 0.252 e. The van der Waals surface area contributed by atoms with Crippen molar-refractivity contribution >= 4 is 29.1 Å². The largest absolute Gasteiger partial charge is 0.379 e. The molecule has 0 spiro atoms. The molecule has 26 heavy (non-hydrogen) atoms. The van der Waals surface area contributed by atoms with Crippen molar-refractivity contribution in [2.24, 2.45) is 0 Å². The van der Waals surface area contributed by atoms with E-state index >= 15 is 0 Å². The van der Waals surface area contributed by atoms with Gasteiger partial charge >= 0.3 is 0 Å². The average Bonchev–Trinajstić information content (AvgIpc) is 2.66. The molecule has 1 unspecified atom stereocenters. The van der Waals surface area contributed by atoms with Gasteiger partial charge in [-0.1, -0.05) is 35.3 Å². The van der Waals surface area contributed by atoms with E-state index in [1.165, 1.54) is 0 Å². The van der Waals surface area contributed by atoms with Crippen molar-refractivity contribution in [3.8, 4) is 0 Å². The molecule has 0 aliphatic carbocycles. The van der Waals surface area contributed by atoms with Crippen molar-refractivity contribution in [1.29, 1.82) is 0 Å². The van der Waals surface area contributed by atoms with Crippen LogP contribution in [0.2, 0.25) is 10.0 Å². The molecule has 1 aliphatic rings. The Morgan fingerprint density at radius 3 is 2.73 bits per heavy atom. The van der Waals surface area contributed by atoms with Crippen LogP contribution in [-0.4, -0.2) is 48.6 Å². The van der Waals surface area contributed by atoms with E-state index in [4.69, 9.17) is 27.9 Å². The molecule has 2 heterocycles. The molecule has 0 radical (unpaired) electrons. The van der Waals surface area contributed by atoms with Gasteiger partial charge in [0.1, 0.15) is 0 Å². The Hall–Kier alpha value is -1.66. The average molecular weight is 394 g/mol. The van der Waals surface area contributed by atoms with Gasteiger partial charge in [0, 0.05) is 31.5 Å². The van der Waals surface area contributed by atoms with Crippen molar-refractivity contribution in [3.63, 3.8) is 0 Å². The number of carbonyl (C=O) groups is 1. The summed E-state index contributed by atoms with van der Waals surface area (Å²) in [4.78, 5) is 19.3. The van der Waals surface area contributed by atoms with Crippen LogP contribution in [0.4, 0.5) is 0 Å². The summed E-state index contributed by atoms with van der Waals surface area (Å²) in [6.07, 6.45) is 1.87. The molecule has 1 N–H and O–H groups in total. The molecule has 138 valence electrons. The quantitative estimate of drug-likeness (QED) is 0.844. The SMILES string of the molecule is Cc1ccc(C(CNC(=O)c2cccc(Cl)c2Cl)N2CCOCC2)cn1. The van der Waals surface area contributed by atoms with Crippen molar-refractivity contribution in [2.45, 2.75) is 13.0 Å². The third-order valence-electron chi connectivity index (χ3n) is 4.46. The second-order valence-electron chi connectivity index (χ2n) is 6.21. The number of hydrogen-bond donors (Lipinski definition) is 1. The first-order chi connectivity index (χ1) is 12.6. The molecule has 3 rings (SSSR count). The Morgan fingerprint density at radius 2 is 2.04 bits per heavy atom. The molecule has 1 aromatic heterocycles. The molecule has 7 heteroatoms. The molecule has 1 saturated heterocycles. The van der Waals surface area contributed by atoms with E-state index in [-0.39, 0.29) is 17.0 Å². The number of nitrogens with one attached hydrogen (secondary N) is 1. The van der Waals surface area contributed by atoms with E-state index < -0.39 is 0 Å². The summed E-state index contributed by atoms with van der Waals surface area (Å²) in [5.74, 6) is -0.240. The Morgan fingerprint density at radius 1 is 1.27 bits per heavy atom. The maximum absolute atomic E-state index is 12.6. The van der Waals surface area contributed by atoms with E-state index in [1.54, 1.807) is 18.2 Å². The van der Waals surface area contributed by atoms with Crippen LogP contribution in [0.1, 0.15) is 27.7 Å². The number of carbonyl (C=O) groups excluding carboxylic acids is 1. The molecule has 0 bridgehead atoms. The fraction of sp³-hybridized carbons (Fsp3) is 0.368. The lowest BCUT2D eigenvalue weighted by molar-refractivity contribution is 0.0161. The lowest BCUT2D eigenvalue weighted by Crippen LogP contribution is -2.43. The van der Waals surface area contributed by atoms with E-state index in [2.05, 4.69) is 21.3 Å². The minimum absolute atomic E-state index is 0.0221. The van der Waals surface area contributed by atoms with Gasteiger partial charge in [-0.25, -0.2) is 0 Å². The molecule has 1 atom stereocenters. The van der Waals surface area contributed by atoms with Crippen LogP contribution < -0.4 is 5.32 Å². The van der Waals surface area contributed by atoms with Crippen LogP contribution in [0.3, 0.4) is 0 Å². The second kappa shape index (κ2) is 8.82. The first-order valence-electron chi connectivity index (χ1n) is 8.53. The lowest BCUT2D eigenvalue weighted by Gasteiger charge is -2.34. The van der Waals surface area contributed by atoms with Gasteiger partial charge in [0.15, 0.2) is 0 Å². The van der Waals surface area contributed by atoms with E-state index in [9.17, 15) is 4.79 Å². The van der Waals surface area contributed by atoms with E-state index in [0.29, 0.717) is 30.3 Å². The number of aryl methyl sites for hydroxylation is 1. The van der Waals surface area contributed by atoms with Gasteiger partial charge in [0.05, 0.1) is 34.9 Å². The van der Waals surface area contributed by atoms with Crippen LogP contribution in [-0.2, 0) is 4.74 Å². The second-order valence-corrected chi connectivity index (χ2v) is 6.99. The molecule has 0 saturated carbocycles. The Balaban J connectivity index is 1.76. The minimum Gasteiger partial charge on any atom is -0.379 e. The number of rotatable bonds is 5. The highest BCUT2D eigenvalue weighted by atomic mass is 35.5. The first kappa shape index (κ1) is 19.1. The highest BCUT2D eigenvalue weighted by molar-refractivity contribution is 6.43. The number of amides is 1. The highest BCUT2D eigenvalue weighted by Crippen LogP contribution is 2.26. The summed E-state index contributed by atoms with van der Waals surface area (Å²) < 4.78 is 5.45. The maximum atomic E-state index is 12.6.